The van der Waals surface area contributed by atoms with Crippen molar-refractivity contribution < 1.29 is 91.1 Å². The Kier molecular flexibility index (Phi) is 36.3. The van der Waals surface area contributed by atoms with Gasteiger partial charge in [0, 0.05) is 82.2 Å². The summed E-state index contributed by atoms with van der Waals surface area (Å²) < 4.78 is 34.7. The fourth-order valence-electron chi connectivity index (χ4n) is 12.9. The summed E-state index contributed by atoms with van der Waals surface area (Å²) in [6.45, 7) is 40.6. The van der Waals surface area contributed by atoms with Gasteiger partial charge in [-0.25, -0.2) is 24.1 Å². The topological polar surface area (TPSA) is 437 Å². The molecule has 10 aromatic carbocycles. The van der Waals surface area contributed by atoms with Crippen LogP contribution >= 0.6 is 0 Å². The normalized spacial score (nSPS) is 10.9. The maximum Gasteiger partial charge on any atom is 0.338 e. The van der Waals surface area contributed by atoms with Crippen LogP contribution in [-0.4, -0.2) is 161 Å². The van der Waals surface area contributed by atoms with Crippen molar-refractivity contribution in [2.45, 2.75) is 92.4 Å². The highest BCUT2D eigenvalue weighted by atomic mass is 16.5. The van der Waals surface area contributed by atoms with Gasteiger partial charge in [0.2, 0.25) is 23.5 Å². The van der Waals surface area contributed by atoms with Gasteiger partial charge in [-0.1, -0.05) is 130 Å². The molecule has 2 aromatic heterocycles. The van der Waals surface area contributed by atoms with E-state index in [0.29, 0.717) is 95.8 Å². The van der Waals surface area contributed by atoms with Crippen LogP contribution in [0.25, 0.3) is 43.8 Å². The second-order valence-electron chi connectivity index (χ2n) is 30.8. The standard InChI is InChI=1S/C51H46N8O9.C37H39N5O7.C15H10N2O3/c1-7-27-66-45-41(44(61)30-33-9-11-37(12-10-33)51(65)67-28-8-2)25-26-43(46(45)68-31(3)4)59-57-47(56-58-59)34-13-21-40(22-14-34)54-50(64)42(29-32(5)60)55-49(63)36-17-23-39(24-18-36)53-48(62)35-15-19-38(52-6)20-16-35;1-7-19-47-33-30(32(44)22-26-9-11-28(12-10-26)37(46)48-20-8-2)17-18-31(34(33)49-23(3)4)42-40-35(39-41-42)27-13-15-29(16-14-27)38-36(45)24(5)21-25(6)43;1-16-12-6-2-10(3-7-12)14(18)17-13-8-4-11(5-9-13)15(19)20/h7-26,31,42H,1-2,27-30H2,3-5H3,(H,53,62)(H,54,64)(H,55,63);7-18,23-24H,1-2,19-22H2,3-6H3,(H,38,45);2-9H,(H,17,18)(H,19,20). The molecule has 137 heavy (non-hydrogen) atoms. The van der Waals surface area contributed by atoms with E-state index in [0.717, 1.165) is 0 Å². The number of amides is 5. The van der Waals surface area contributed by atoms with Gasteiger partial charge in [-0.3, -0.25) is 38.4 Å². The smallest absolute Gasteiger partial charge is 0.338 e. The lowest BCUT2D eigenvalue weighted by Crippen LogP contribution is -2.44. The number of aromatic nitrogens is 8. The van der Waals surface area contributed by atoms with E-state index in [1.165, 1.54) is 114 Å². The molecular formula is C103H95N15O19. The number of esters is 2. The van der Waals surface area contributed by atoms with Crippen LogP contribution in [-0.2, 0) is 41.5 Å². The summed E-state index contributed by atoms with van der Waals surface area (Å²) in [6.07, 6.45) is 5.32. The van der Waals surface area contributed by atoms with Crippen molar-refractivity contribution >= 4 is 105 Å². The third-order valence-corrected chi connectivity index (χ3v) is 19.5. The second kappa shape index (κ2) is 49.2. The van der Waals surface area contributed by atoms with E-state index in [2.05, 4.69) is 93.4 Å². The third kappa shape index (κ3) is 29.0. The number of rotatable bonds is 41. The molecule has 0 aliphatic rings. The molecule has 12 aromatic rings. The highest BCUT2D eigenvalue weighted by Gasteiger charge is 2.30. The average molecular weight is 1850 g/mol. The quantitative estimate of drug-likeness (QED) is 0.00897. The first-order valence-electron chi connectivity index (χ1n) is 42.6. The number of carbonyl (C=O) groups excluding carboxylic acids is 11. The zero-order valence-electron chi connectivity index (χ0n) is 75.7. The minimum Gasteiger partial charge on any atom is -0.485 e. The molecule has 12 rings (SSSR count). The van der Waals surface area contributed by atoms with E-state index in [-0.39, 0.29) is 150 Å². The maximum absolute atomic E-state index is 13.8. The van der Waals surface area contributed by atoms with E-state index in [9.17, 15) is 57.5 Å². The van der Waals surface area contributed by atoms with Crippen molar-refractivity contribution in [3.63, 3.8) is 0 Å². The monoisotopic (exact) mass is 1850 g/mol. The number of hydrogen-bond donors (Lipinski definition) is 6. The fourth-order valence-corrected chi connectivity index (χ4v) is 12.9. The Morgan fingerprint density at radius 1 is 0.401 bits per heavy atom. The summed E-state index contributed by atoms with van der Waals surface area (Å²) in [6, 6.07) is 56.1. The van der Waals surface area contributed by atoms with Crippen LogP contribution in [0.5, 0.6) is 23.0 Å². The van der Waals surface area contributed by atoms with Crippen molar-refractivity contribution in [1.82, 2.24) is 45.7 Å². The molecule has 5 amide bonds. The zero-order chi connectivity index (χ0) is 98.8. The molecule has 0 fully saturated rings. The molecule has 0 aliphatic heterocycles. The highest BCUT2D eigenvalue weighted by Crippen LogP contribution is 2.41. The number of aromatic carboxylic acids is 1. The number of hydrogen-bond acceptors (Lipinski definition) is 24. The van der Waals surface area contributed by atoms with E-state index < -0.39 is 47.6 Å². The van der Waals surface area contributed by atoms with Crippen LogP contribution in [0.15, 0.2) is 269 Å². The molecule has 0 spiro atoms. The molecule has 34 nitrogen and oxygen atoms in total. The van der Waals surface area contributed by atoms with Gasteiger partial charge in [-0.2, -0.15) is 0 Å². The van der Waals surface area contributed by atoms with Gasteiger partial charge in [0.05, 0.1) is 53.2 Å². The molecule has 2 atom stereocenters. The summed E-state index contributed by atoms with van der Waals surface area (Å²) in [5.74, 6) is -4.22. The van der Waals surface area contributed by atoms with Gasteiger partial charge in [0.25, 0.3) is 17.7 Å². The fraction of sp³-hybridized carbons (Fsp3) is 0.184. The average Bonchev–Trinajstić information content (AvgIpc) is 1.75. The van der Waals surface area contributed by atoms with Crippen LogP contribution in [0.3, 0.4) is 0 Å². The largest absolute Gasteiger partial charge is 0.485 e. The Morgan fingerprint density at radius 2 is 0.745 bits per heavy atom. The van der Waals surface area contributed by atoms with E-state index >= 15 is 0 Å². The first-order valence-corrected chi connectivity index (χ1v) is 42.6. The molecule has 2 unspecified atom stereocenters. The number of carboxylic acid groups (broad SMARTS) is 1. The number of ether oxygens (including phenoxy) is 6. The number of anilines is 4. The first kappa shape index (κ1) is 101. The van der Waals surface area contributed by atoms with Crippen molar-refractivity contribution in [3.05, 3.63) is 347 Å². The van der Waals surface area contributed by atoms with Crippen LogP contribution in [0.1, 0.15) is 155 Å². The van der Waals surface area contributed by atoms with Gasteiger partial charge in [0.1, 0.15) is 55.4 Å². The lowest BCUT2D eigenvalue weighted by atomic mass is 10.00. The summed E-state index contributed by atoms with van der Waals surface area (Å²) in [4.78, 5) is 159. The number of nitrogens with zero attached hydrogens (tertiary/aromatic N) is 10. The second-order valence-corrected chi connectivity index (χ2v) is 30.8. The lowest BCUT2D eigenvalue weighted by molar-refractivity contribution is -0.124. The van der Waals surface area contributed by atoms with Crippen molar-refractivity contribution in [1.29, 1.82) is 0 Å². The molecule has 0 aliphatic carbocycles. The number of tetrazole rings is 2. The molecule has 6 N–H and O–H groups in total. The molecular weight excluding hydrogens is 1750 g/mol. The summed E-state index contributed by atoms with van der Waals surface area (Å²) in [7, 11) is 0. The molecule has 0 bridgehead atoms. The van der Waals surface area contributed by atoms with Gasteiger partial charge >= 0.3 is 17.9 Å². The molecule has 2 heterocycles. The number of ketones is 4. The Morgan fingerprint density at radius 3 is 1.10 bits per heavy atom. The van der Waals surface area contributed by atoms with Gasteiger partial charge < -0.3 is 64.9 Å². The molecule has 0 radical (unpaired) electrons. The number of Topliss-reactive ketones (excluding diaryl/α,β-unsaturated/α-hetero) is 4. The zero-order valence-corrected chi connectivity index (χ0v) is 75.7. The van der Waals surface area contributed by atoms with Gasteiger partial charge in [0.15, 0.2) is 45.9 Å². The minimum absolute atomic E-state index is 0.0106. The Hall–Kier alpha value is -18.1. The molecule has 696 valence electrons. The number of nitrogens with one attached hydrogen (secondary N) is 5. The number of carboxylic acids is 1. The summed E-state index contributed by atoms with van der Waals surface area (Å²) in [5, 5.41) is 48.4. The van der Waals surface area contributed by atoms with Crippen LogP contribution in [0.2, 0.25) is 0 Å². The number of carbonyl (C=O) groups is 12. The van der Waals surface area contributed by atoms with E-state index in [1.807, 2.05) is 27.7 Å². The molecule has 0 saturated carbocycles. The van der Waals surface area contributed by atoms with E-state index in [1.54, 1.807) is 159 Å². The predicted molar refractivity (Wildman–Crippen MR) is 511 cm³/mol. The SMILES string of the molecule is C=CCOC(=O)c1ccc(CC(=O)c2ccc(-n3nnc(-c4ccc(NC(=O)C(C)CC(C)=O)cc4)n3)c(OC(C)C)c2OCC=C)cc1.[C-]#[N+]c1ccc(C(=O)Nc2ccc(C(=O)NC(CC(C)=O)C(=O)Nc3ccc(-c4nnn(-c5ccc(C(=O)Cc6ccc(C(=O)OCC=C)cc6)c(OCC=C)c5OC(C)C)n4)cc3)cc2)cc1.[C-]#[N+]c1ccc(C(=O)Nc2ccc(C(=O)O)cc2)cc1. The van der Waals surface area contributed by atoms with Gasteiger partial charge in [-0.05, 0) is 209 Å². The summed E-state index contributed by atoms with van der Waals surface area (Å²) >= 11 is 0. The van der Waals surface area contributed by atoms with E-state index in [4.69, 9.17) is 46.7 Å². The first-order chi connectivity index (χ1) is 65.9. The minimum atomic E-state index is -1.21. The van der Waals surface area contributed by atoms with Crippen LogP contribution < -0.4 is 45.5 Å². The van der Waals surface area contributed by atoms with Crippen LogP contribution in [0.4, 0.5) is 34.1 Å². The van der Waals surface area contributed by atoms with Crippen molar-refractivity contribution in [3.8, 4) is 57.1 Å². The Balaban J connectivity index is 0.000000243. The van der Waals surface area contributed by atoms with Crippen LogP contribution in [0, 0.1) is 19.1 Å². The third-order valence-electron chi connectivity index (χ3n) is 19.5. The van der Waals surface area contributed by atoms with Crippen molar-refractivity contribution in [2.75, 3.05) is 47.7 Å². The highest BCUT2D eigenvalue weighted by molar-refractivity contribution is 6.08. The molecule has 0 saturated heterocycles. The Bertz CT molecular complexity index is 6540. The van der Waals surface area contributed by atoms with Crippen molar-refractivity contribution in [2.24, 2.45) is 5.92 Å². The predicted octanol–water partition coefficient (Wildman–Crippen LogP) is 17.2. The Labute approximate surface area is 788 Å². The lowest BCUT2D eigenvalue weighted by Gasteiger charge is -2.20. The summed E-state index contributed by atoms with van der Waals surface area (Å²) in [5.41, 5.74) is 8.31. The molecule has 34 heteroatoms. The van der Waals surface area contributed by atoms with Gasteiger partial charge in [-0.15, -0.1) is 30.0 Å². The maximum atomic E-state index is 13.8. The number of benzene rings is 10.